The highest BCUT2D eigenvalue weighted by molar-refractivity contribution is 7.91. The molecular weight excluding hydrogens is 354 g/mol. The van der Waals surface area contributed by atoms with Crippen molar-refractivity contribution in [1.29, 1.82) is 0 Å². The molecule has 0 saturated carbocycles. The quantitative estimate of drug-likeness (QED) is 0.703. The molecule has 11 heteroatoms. The molecule has 0 unspecified atom stereocenters. The smallest absolute Gasteiger partial charge is 0.337 e. The molecule has 0 N–H and O–H groups in total. The van der Waals surface area contributed by atoms with E-state index in [0.717, 1.165) is 9.36 Å². The summed E-state index contributed by atoms with van der Waals surface area (Å²) in [5.74, 6) is -0.265. The highest BCUT2D eigenvalue weighted by Gasteiger charge is 2.34. The van der Waals surface area contributed by atoms with Gasteiger partial charge in [-0.25, -0.2) is 13.2 Å². The SMILES string of the molecule is CCN(C(=O)Cn1nnn(-c2cccs2)c1=O)[C@@H]1CCS(=O)(=O)C1. The largest absolute Gasteiger partial charge is 0.369 e. The average Bonchev–Trinajstić information content (AvgIpc) is 3.23. The number of thiophene rings is 1. The molecule has 1 aliphatic rings. The van der Waals surface area contributed by atoms with E-state index in [9.17, 15) is 18.0 Å². The summed E-state index contributed by atoms with van der Waals surface area (Å²) in [5, 5.41) is 9.95. The lowest BCUT2D eigenvalue weighted by Gasteiger charge is -2.26. The van der Waals surface area contributed by atoms with Crippen molar-refractivity contribution in [2.75, 3.05) is 18.1 Å². The first-order valence-electron chi connectivity index (χ1n) is 7.48. The molecule has 130 valence electrons. The van der Waals surface area contributed by atoms with Crippen LogP contribution in [0.5, 0.6) is 0 Å². The maximum atomic E-state index is 12.5. The summed E-state index contributed by atoms with van der Waals surface area (Å²) in [5.41, 5.74) is -0.499. The van der Waals surface area contributed by atoms with Gasteiger partial charge >= 0.3 is 5.69 Å². The molecule has 0 spiro atoms. The van der Waals surface area contributed by atoms with Gasteiger partial charge in [-0.1, -0.05) is 0 Å². The van der Waals surface area contributed by atoms with Gasteiger partial charge in [-0.3, -0.25) is 4.79 Å². The Balaban J connectivity index is 1.76. The second kappa shape index (κ2) is 6.48. The van der Waals surface area contributed by atoms with Gasteiger partial charge in [-0.15, -0.1) is 11.3 Å². The lowest BCUT2D eigenvalue weighted by Crippen LogP contribution is -2.44. The second-order valence-electron chi connectivity index (χ2n) is 5.52. The average molecular weight is 371 g/mol. The molecule has 1 amide bonds. The van der Waals surface area contributed by atoms with E-state index in [1.54, 1.807) is 19.1 Å². The Morgan fingerprint density at radius 3 is 2.83 bits per heavy atom. The Labute approximate surface area is 142 Å². The number of tetrazole rings is 1. The maximum absolute atomic E-state index is 12.5. The molecule has 1 atom stereocenters. The highest BCUT2D eigenvalue weighted by Crippen LogP contribution is 2.18. The number of aromatic nitrogens is 4. The molecular formula is C13H17N5O4S2. The predicted octanol–water partition coefficient (Wildman–Crippen LogP) is -0.474. The molecule has 1 aliphatic heterocycles. The summed E-state index contributed by atoms with van der Waals surface area (Å²) >= 11 is 1.34. The minimum atomic E-state index is -3.08. The van der Waals surface area contributed by atoms with Crippen LogP contribution in [0.15, 0.2) is 22.3 Å². The van der Waals surface area contributed by atoms with Crippen LogP contribution in [-0.2, 0) is 21.2 Å². The Hall–Kier alpha value is -2.01. The van der Waals surface area contributed by atoms with Crippen molar-refractivity contribution in [3.8, 4) is 5.00 Å². The van der Waals surface area contributed by atoms with Crippen LogP contribution in [0.1, 0.15) is 13.3 Å². The van der Waals surface area contributed by atoms with Crippen LogP contribution in [0.2, 0.25) is 0 Å². The number of hydrogen-bond donors (Lipinski definition) is 0. The Kier molecular flexibility index (Phi) is 4.54. The van der Waals surface area contributed by atoms with Gasteiger partial charge in [-0.2, -0.15) is 9.36 Å². The number of rotatable bonds is 5. The fourth-order valence-electron chi connectivity index (χ4n) is 2.78. The van der Waals surface area contributed by atoms with Crippen molar-refractivity contribution in [3.63, 3.8) is 0 Å². The van der Waals surface area contributed by atoms with Gasteiger partial charge in [0.25, 0.3) is 0 Å². The molecule has 2 aromatic heterocycles. The van der Waals surface area contributed by atoms with Gasteiger partial charge in [0, 0.05) is 12.6 Å². The third kappa shape index (κ3) is 3.26. The number of nitrogens with zero attached hydrogens (tertiary/aromatic N) is 5. The molecule has 1 saturated heterocycles. The third-order valence-corrected chi connectivity index (χ3v) is 6.54. The van der Waals surface area contributed by atoms with E-state index in [-0.39, 0.29) is 30.0 Å². The van der Waals surface area contributed by atoms with Crippen molar-refractivity contribution < 1.29 is 13.2 Å². The van der Waals surface area contributed by atoms with Gasteiger partial charge in [0.2, 0.25) is 5.91 Å². The predicted molar refractivity (Wildman–Crippen MR) is 87.9 cm³/mol. The third-order valence-electron chi connectivity index (χ3n) is 3.95. The molecule has 0 radical (unpaired) electrons. The summed E-state index contributed by atoms with van der Waals surface area (Å²) in [4.78, 5) is 26.3. The van der Waals surface area contributed by atoms with Crippen molar-refractivity contribution in [1.82, 2.24) is 24.7 Å². The molecule has 9 nitrogen and oxygen atoms in total. The zero-order valence-corrected chi connectivity index (χ0v) is 14.7. The number of sulfone groups is 1. The Morgan fingerprint density at radius 2 is 2.25 bits per heavy atom. The van der Waals surface area contributed by atoms with E-state index in [1.165, 1.54) is 16.2 Å². The van der Waals surface area contributed by atoms with Crippen LogP contribution in [0.4, 0.5) is 0 Å². The first-order chi connectivity index (χ1) is 11.4. The van der Waals surface area contributed by atoms with Gasteiger partial charge in [0.05, 0.1) is 11.5 Å². The molecule has 3 heterocycles. The minimum Gasteiger partial charge on any atom is -0.337 e. The zero-order chi connectivity index (χ0) is 17.3. The minimum absolute atomic E-state index is 0.0244. The summed E-state index contributed by atoms with van der Waals surface area (Å²) in [7, 11) is -3.08. The fourth-order valence-corrected chi connectivity index (χ4v) is 5.18. The lowest BCUT2D eigenvalue weighted by atomic mass is 10.2. The Morgan fingerprint density at radius 1 is 1.46 bits per heavy atom. The number of carbonyl (C=O) groups is 1. The van der Waals surface area contributed by atoms with Gasteiger partial charge in [0.15, 0.2) is 9.84 Å². The van der Waals surface area contributed by atoms with Crippen LogP contribution in [0.25, 0.3) is 5.00 Å². The summed E-state index contributed by atoms with van der Waals surface area (Å²) < 4.78 is 25.4. The topological polar surface area (TPSA) is 107 Å². The number of likely N-dealkylation sites (N-methyl/N-ethyl adjacent to an activating group) is 1. The maximum Gasteiger partial charge on any atom is 0.369 e. The summed E-state index contributed by atoms with van der Waals surface area (Å²) in [6.07, 6.45) is 0.429. The van der Waals surface area contributed by atoms with Crippen molar-refractivity contribution >= 4 is 27.1 Å². The highest BCUT2D eigenvalue weighted by atomic mass is 32.2. The molecule has 2 aromatic rings. The van der Waals surface area contributed by atoms with E-state index in [4.69, 9.17) is 0 Å². The number of carbonyl (C=O) groups excluding carboxylic acids is 1. The van der Waals surface area contributed by atoms with Gasteiger partial charge in [-0.05, 0) is 41.3 Å². The monoisotopic (exact) mass is 371 g/mol. The molecule has 24 heavy (non-hydrogen) atoms. The lowest BCUT2D eigenvalue weighted by molar-refractivity contribution is -0.133. The van der Waals surface area contributed by atoms with E-state index in [2.05, 4.69) is 10.4 Å². The van der Waals surface area contributed by atoms with Crippen LogP contribution in [-0.4, -0.2) is 63.1 Å². The fraction of sp³-hybridized carbons (Fsp3) is 0.538. The number of amides is 1. The standard InChI is InChI=1S/C13H17N5O4S2/c1-2-16(10-5-7-24(21,22)9-10)11(19)8-17-13(20)18(15-14-17)12-4-3-6-23-12/h3-4,6,10H,2,5,7-9H2,1H3/t10-/m1/s1. The van der Waals surface area contributed by atoms with Crippen molar-refractivity contribution in [2.45, 2.75) is 25.9 Å². The van der Waals surface area contributed by atoms with Gasteiger partial charge < -0.3 is 4.90 Å². The molecule has 3 rings (SSSR count). The van der Waals surface area contributed by atoms with Crippen molar-refractivity contribution in [3.05, 3.63) is 28.0 Å². The molecule has 0 bridgehead atoms. The normalized spacial score (nSPS) is 19.5. The van der Waals surface area contributed by atoms with Gasteiger partial charge in [0.1, 0.15) is 11.5 Å². The van der Waals surface area contributed by atoms with E-state index in [1.807, 2.05) is 5.38 Å². The van der Waals surface area contributed by atoms with E-state index < -0.39 is 15.5 Å². The first kappa shape index (κ1) is 16.8. The second-order valence-corrected chi connectivity index (χ2v) is 8.67. The van der Waals surface area contributed by atoms with Crippen LogP contribution < -0.4 is 5.69 Å². The first-order valence-corrected chi connectivity index (χ1v) is 10.2. The van der Waals surface area contributed by atoms with E-state index >= 15 is 0 Å². The van der Waals surface area contributed by atoms with Crippen LogP contribution in [0.3, 0.4) is 0 Å². The summed E-state index contributed by atoms with van der Waals surface area (Å²) in [6, 6.07) is 3.18. The zero-order valence-electron chi connectivity index (χ0n) is 13.0. The molecule has 1 fully saturated rings. The molecule has 0 aliphatic carbocycles. The van der Waals surface area contributed by atoms with Crippen LogP contribution in [0, 0.1) is 0 Å². The summed E-state index contributed by atoms with van der Waals surface area (Å²) in [6.45, 7) is 1.91. The van der Waals surface area contributed by atoms with Crippen molar-refractivity contribution in [2.24, 2.45) is 0 Å². The number of hydrogen-bond acceptors (Lipinski definition) is 7. The van der Waals surface area contributed by atoms with E-state index in [0.29, 0.717) is 18.0 Å². The van der Waals surface area contributed by atoms with Crippen LogP contribution >= 0.6 is 11.3 Å². The Bertz CT molecular complexity index is 884. The molecule has 0 aromatic carbocycles.